The maximum absolute atomic E-state index is 10.2. The van der Waals surface area contributed by atoms with E-state index in [0.29, 0.717) is 6.07 Å². The van der Waals surface area contributed by atoms with E-state index in [9.17, 15) is 20.2 Å². The predicted molar refractivity (Wildman–Crippen MR) is 84.7 cm³/mol. The average molecular weight is 317 g/mol. The van der Waals surface area contributed by atoms with E-state index in [1.807, 2.05) is 0 Å². The van der Waals surface area contributed by atoms with Crippen LogP contribution in [0.2, 0.25) is 0 Å². The van der Waals surface area contributed by atoms with Gasteiger partial charge in [-0.2, -0.15) is 0 Å². The highest BCUT2D eigenvalue weighted by atomic mass is 16.6. The molecule has 2 aromatic carbocycles. The number of fused-ring (bicyclic) bond motifs is 1. The van der Waals surface area contributed by atoms with Crippen molar-refractivity contribution in [1.29, 1.82) is 0 Å². The van der Waals surface area contributed by atoms with Gasteiger partial charge in [0.2, 0.25) is 0 Å². The Labute approximate surface area is 131 Å². The van der Waals surface area contributed by atoms with Crippen molar-refractivity contribution >= 4 is 17.1 Å². The largest absolute Gasteiger partial charge is 0.502 e. The van der Waals surface area contributed by atoms with Gasteiger partial charge in [0.05, 0.1) is 15.9 Å². The summed E-state index contributed by atoms with van der Waals surface area (Å²) < 4.78 is 0. The summed E-state index contributed by atoms with van der Waals surface area (Å²) in [5, 5.41) is 32.7. The van der Waals surface area contributed by atoms with E-state index in [2.05, 4.69) is 29.6 Å². The zero-order valence-electron chi connectivity index (χ0n) is 12.1. The summed E-state index contributed by atoms with van der Waals surface area (Å²) in [5.41, 5.74) is 1.70. The number of nitro groups is 2. The number of anilines is 1. The first-order valence-electron chi connectivity index (χ1n) is 6.92. The molecule has 0 saturated carbocycles. The van der Waals surface area contributed by atoms with Crippen molar-refractivity contribution in [3.8, 4) is 5.75 Å². The molecule has 23 heavy (non-hydrogen) atoms. The van der Waals surface area contributed by atoms with Gasteiger partial charge in [-0.3, -0.25) is 20.2 Å². The zero-order chi connectivity index (χ0) is 16.8. The van der Waals surface area contributed by atoms with Crippen LogP contribution < -0.4 is 5.32 Å². The normalized spacial score (nSPS) is 12.2. The van der Waals surface area contributed by atoms with Crippen molar-refractivity contribution in [2.24, 2.45) is 0 Å². The smallest absolute Gasteiger partial charge is 0.317 e. The van der Waals surface area contributed by atoms with Gasteiger partial charge < -0.3 is 10.4 Å². The monoisotopic (exact) mass is 317 g/mol. The summed E-state index contributed by atoms with van der Waals surface area (Å²) in [6, 6.07) is 11.1. The Morgan fingerprint density at radius 2 is 1.78 bits per heavy atom. The number of hydrogen-bond donors (Lipinski definition) is 2. The SMILES string of the molecule is O=[N+]([O-])c1ccc(O)c([N+](=O)[O-])c1.c1ccc2c(c1)CCCN2. The molecule has 0 saturated heterocycles. The fraction of sp³-hybridized carbons (Fsp3) is 0.200. The lowest BCUT2D eigenvalue weighted by Gasteiger charge is -2.16. The second-order valence-corrected chi connectivity index (χ2v) is 4.87. The number of hydrogen-bond acceptors (Lipinski definition) is 6. The molecule has 3 rings (SSSR count). The van der Waals surface area contributed by atoms with Crippen molar-refractivity contribution in [3.05, 3.63) is 68.3 Å². The van der Waals surface area contributed by atoms with E-state index in [4.69, 9.17) is 5.11 Å². The molecule has 0 unspecified atom stereocenters. The minimum absolute atomic E-state index is 0.426. The minimum Gasteiger partial charge on any atom is -0.502 e. The van der Waals surface area contributed by atoms with Crippen LogP contribution >= 0.6 is 0 Å². The second kappa shape index (κ2) is 7.21. The average Bonchev–Trinajstić information content (AvgIpc) is 2.55. The third-order valence-corrected chi connectivity index (χ3v) is 3.32. The van der Waals surface area contributed by atoms with E-state index >= 15 is 0 Å². The van der Waals surface area contributed by atoms with E-state index in [1.165, 1.54) is 24.1 Å². The predicted octanol–water partition coefficient (Wildman–Crippen LogP) is 3.25. The molecule has 0 spiro atoms. The molecule has 0 amide bonds. The summed E-state index contributed by atoms with van der Waals surface area (Å²) in [5.74, 6) is -0.587. The fourth-order valence-corrected chi connectivity index (χ4v) is 2.18. The number of rotatable bonds is 2. The number of para-hydroxylation sites is 1. The van der Waals surface area contributed by atoms with Crippen LogP contribution in [0.3, 0.4) is 0 Å². The number of non-ortho nitro benzene ring substituents is 1. The molecule has 1 aliphatic heterocycles. The van der Waals surface area contributed by atoms with Gasteiger partial charge in [-0.25, -0.2) is 0 Å². The summed E-state index contributed by atoms with van der Waals surface area (Å²) in [4.78, 5) is 18.7. The van der Waals surface area contributed by atoms with Gasteiger partial charge >= 0.3 is 5.69 Å². The Bertz CT molecular complexity index is 708. The van der Waals surface area contributed by atoms with Gasteiger partial charge in [0.25, 0.3) is 5.69 Å². The Morgan fingerprint density at radius 3 is 2.43 bits per heavy atom. The summed E-state index contributed by atoms with van der Waals surface area (Å²) in [6.07, 6.45) is 2.51. The topological polar surface area (TPSA) is 119 Å². The molecular weight excluding hydrogens is 302 g/mol. The van der Waals surface area contributed by atoms with Crippen molar-refractivity contribution < 1.29 is 15.0 Å². The molecule has 0 atom stereocenters. The van der Waals surface area contributed by atoms with E-state index in [1.54, 1.807) is 0 Å². The van der Waals surface area contributed by atoms with Gasteiger partial charge in [-0.1, -0.05) is 18.2 Å². The summed E-state index contributed by atoms with van der Waals surface area (Å²) in [7, 11) is 0. The lowest BCUT2D eigenvalue weighted by Crippen LogP contribution is -2.10. The van der Waals surface area contributed by atoms with Crippen LogP contribution in [0.1, 0.15) is 12.0 Å². The number of phenols is 1. The van der Waals surface area contributed by atoms with Crippen LogP contribution in [-0.4, -0.2) is 21.5 Å². The van der Waals surface area contributed by atoms with Gasteiger partial charge in [0, 0.05) is 18.3 Å². The number of benzene rings is 2. The molecule has 8 heteroatoms. The molecule has 0 aliphatic carbocycles. The molecule has 0 fully saturated rings. The highest BCUT2D eigenvalue weighted by Crippen LogP contribution is 2.29. The zero-order valence-corrected chi connectivity index (χ0v) is 12.1. The number of aryl methyl sites for hydroxylation is 1. The molecule has 0 aromatic heterocycles. The van der Waals surface area contributed by atoms with Crippen LogP contribution in [0, 0.1) is 20.2 Å². The molecule has 0 radical (unpaired) electrons. The van der Waals surface area contributed by atoms with Gasteiger partial charge in [-0.05, 0) is 30.5 Å². The van der Waals surface area contributed by atoms with Crippen molar-refractivity contribution in [2.45, 2.75) is 12.8 Å². The molecule has 2 aromatic rings. The Balaban J connectivity index is 0.000000172. The molecule has 2 N–H and O–H groups in total. The maximum Gasteiger partial charge on any atom is 0.317 e. The molecule has 0 bridgehead atoms. The third-order valence-electron chi connectivity index (χ3n) is 3.32. The quantitative estimate of drug-likeness (QED) is 0.648. The first kappa shape index (κ1) is 16.2. The van der Waals surface area contributed by atoms with Crippen LogP contribution in [0.5, 0.6) is 5.75 Å². The maximum atomic E-state index is 10.2. The van der Waals surface area contributed by atoms with E-state index in [0.717, 1.165) is 18.7 Å². The van der Waals surface area contributed by atoms with Crippen LogP contribution in [-0.2, 0) is 6.42 Å². The Morgan fingerprint density at radius 1 is 1.04 bits per heavy atom. The second-order valence-electron chi connectivity index (χ2n) is 4.87. The molecule has 1 aliphatic rings. The van der Waals surface area contributed by atoms with Gasteiger partial charge in [0.15, 0.2) is 5.75 Å². The Hall–Kier alpha value is -3.16. The van der Waals surface area contributed by atoms with Crippen molar-refractivity contribution in [3.63, 3.8) is 0 Å². The van der Waals surface area contributed by atoms with Crippen LogP contribution in [0.4, 0.5) is 17.1 Å². The lowest BCUT2D eigenvalue weighted by atomic mass is 10.0. The van der Waals surface area contributed by atoms with Crippen LogP contribution in [0.25, 0.3) is 0 Å². The highest BCUT2D eigenvalue weighted by Gasteiger charge is 2.18. The third kappa shape index (κ3) is 4.16. The molecule has 8 nitrogen and oxygen atoms in total. The lowest BCUT2D eigenvalue weighted by molar-refractivity contribution is -0.394. The highest BCUT2D eigenvalue weighted by molar-refractivity contribution is 5.53. The molecule has 1 heterocycles. The number of nitrogens with one attached hydrogen (secondary N) is 1. The minimum atomic E-state index is -0.887. The van der Waals surface area contributed by atoms with Crippen molar-refractivity contribution in [2.75, 3.05) is 11.9 Å². The first-order valence-corrected chi connectivity index (χ1v) is 6.92. The Kier molecular flexibility index (Phi) is 5.08. The number of aromatic hydroxyl groups is 1. The standard InChI is InChI=1S/C9H11N.C6H4N2O5/c1-2-6-9-8(4-1)5-3-7-10-9;9-6-2-1-4(7(10)11)3-5(6)8(12)13/h1-2,4,6,10H,3,5,7H2;1-3,9H. The van der Waals surface area contributed by atoms with Crippen LogP contribution in [0.15, 0.2) is 42.5 Å². The van der Waals surface area contributed by atoms with Gasteiger partial charge in [-0.15, -0.1) is 0 Å². The summed E-state index contributed by atoms with van der Waals surface area (Å²) in [6.45, 7) is 1.14. The van der Waals surface area contributed by atoms with E-state index < -0.39 is 27.0 Å². The number of nitrogens with zero attached hydrogens (tertiary/aromatic N) is 2. The fourth-order valence-electron chi connectivity index (χ4n) is 2.18. The van der Waals surface area contributed by atoms with Gasteiger partial charge in [0.1, 0.15) is 0 Å². The van der Waals surface area contributed by atoms with Crippen molar-refractivity contribution in [1.82, 2.24) is 0 Å². The first-order chi connectivity index (χ1) is 11.0. The number of phenolic OH excluding ortho intramolecular Hbond substituents is 1. The van der Waals surface area contributed by atoms with E-state index in [-0.39, 0.29) is 0 Å². The summed E-state index contributed by atoms with van der Waals surface area (Å²) >= 11 is 0. The molecular formula is C15H15N3O5. The molecule has 120 valence electrons. The number of nitro benzene ring substituents is 2.